The van der Waals surface area contributed by atoms with E-state index < -0.39 is 0 Å². The van der Waals surface area contributed by atoms with Crippen molar-refractivity contribution in [1.82, 2.24) is 14.5 Å². The number of rotatable bonds is 6. The van der Waals surface area contributed by atoms with Crippen LogP contribution in [0.3, 0.4) is 0 Å². The molecule has 1 amide bonds. The van der Waals surface area contributed by atoms with Crippen LogP contribution >= 0.6 is 22.9 Å². The van der Waals surface area contributed by atoms with Crippen LogP contribution in [-0.2, 0) is 13.0 Å². The molecule has 0 unspecified atom stereocenters. The first-order valence-corrected chi connectivity index (χ1v) is 7.65. The van der Waals surface area contributed by atoms with Crippen LogP contribution in [0.4, 0.5) is 0 Å². The maximum Gasteiger partial charge on any atom is 0.268 e. The Bertz CT molecular complexity index is 548. The Kier molecular flexibility index (Phi) is 4.81. The Hall–Kier alpha value is -1.53. The molecule has 2 heterocycles. The second-order valence-corrected chi connectivity index (χ2v) is 5.74. The van der Waals surface area contributed by atoms with Gasteiger partial charge in [-0.05, 0) is 29.4 Å². The minimum absolute atomic E-state index is 0.0137. The molecule has 2 aromatic rings. The highest BCUT2D eigenvalue weighted by molar-refractivity contribution is 7.10. The average Bonchev–Trinajstić information content (AvgIpc) is 3.08. The number of hydrogen-bond donors (Lipinski definition) is 0. The van der Waals surface area contributed by atoms with Gasteiger partial charge < -0.3 is 4.90 Å². The van der Waals surface area contributed by atoms with Crippen LogP contribution < -0.4 is 0 Å². The second-order valence-electron chi connectivity index (χ2n) is 3.96. The Morgan fingerprint density at radius 1 is 1.58 bits per heavy atom. The van der Waals surface area contributed by atoms with E-state index in [4.69, 9.17) is 0 Å². The first-order valence-electron chi connectivity index (χ1n) is 6.00. The standard InChI is InChI=1S/C13H15N3OS2/c1-3-7-16(9-10-6-5-8-18-10)13(17)12-11(4-2)14-15-19-12/h3,5-6,8H,1,4,7,9H2,2H3. The molecule has 0 N–H and O–H groups in total. The molecule has 0 atom stereocenters. The van der Waals surface area contributed by atoms with Gasteiger partial charge in [-0.2, -0.15) is 0 Å². The third-order valence-corrected chi connectivity index (χ3v) is 4.27. The minimum atomic E-state index is -0.0137. The second kappa shape index (κ2) is 6.58. The number of amides is 1. The van der Waals surface area contributed by atoms with Gasteiger partial charge in [-0.1, -0.05) is 23.6 Å². The highest BCUT2D eigenvalue weighted by atomic mass is 32.1. The molecule has 0 bridgehead atoms. The van der Waals surface area contributed by atoms with E-state index >= 15 is 0 Å². The van der Waals surface area contributed by atoms with E-state index in [0.29, 0.717) is 18.0 Å². The summed E-state index contributed by atoms with van der Waals surface area (Å²) in [4.78, 5) is 16.1. The monoisotopic (exact) mass is 293 g/mol. The van der Waals surface area contributed by atoms with Crippen LogP contribution in [0.2, 0.25) is 0 Å². The van der Waals surface area contributed by atoms with E-state index in [1.165, 1.54) is 11.5 Å². The van der Waals surface area contributed by atoms with Crippen LogP contribution in [0.1, 0.15) is 27.2 Å². The van der Waals surface area contributed by atoms with Crippen molar-refractivity contribution in [2.75, 3.05) is 6.54 Å². The molecule has 0 saturated carbocycles. The lowest BCUT2D eigenvalue weighted by Crippen LogP contribution is -2.30. The summed E-state index contributed by atoms with van der Waals surface area (Å²) in [5.41, 5.74) is 0.773. The summed E-state index contributed by atoms with van der Waals surface area (Å²) in [7, 11) is 0. The average molecular weight is 293 g/mol. The van der Waals surface area contributed by atoms with Crippen molar-refractivity contribution in [2.24, 2.45) is 0 Å². The van der Waals surface area contributed by atoms with Gasteiger partial charge in [0.05, 0.1) is 12.2 Å². The number of carbonyl (C=O) groups is 1. The summed E-state index contributed by atoms with van der Waals surface area (Å²) >= 11 is 2.81. The van der Waals surface area contributed by atoms with Gasteiger partial charge in [-0.25, -0.2) is 0 Å². The molecule has 0 saturated heterocycles. The predicted octanol–water partition coefficient (Wildman–Crippen LogP) is 2.99. The summed E-state index contributed by atoms with van der Waals surface area (Å²) in [6, 6.07) is 4.02. The fraction of sp³-hybridized carbons (Fsp3) is 0.308. The molecular weight excluding hydrogens is 278 g/mol. The normalized spacial score (nSPS) is 10.4. The zero-order chi connectivity index (χ0) is 13.7. The lowest BCUT2D eigenvalue weighted by molar-refractivity contribution is 0.0768. The van der Waals surface area contributed by atoms with Crippen LogP contribution in [0.5, 0.6) is 0 Å². The van der Waals surface area contributed by atoms with Crippen LogP contribution in [0, 0.1) is 0 Å². The van der Waals surface area contributed by atoms with E-state index in [0.717, 1.165) is 17.0 Å². The maximum atomic E-state index is 12.5. The zero-order valence-electron chi connectivity index (χ0n) is 10.7. The van der Waals surface area contributed by atoms with Gasteiger partial charge in [0.25, 0.3) is 5.91 Å². The first-order chi connectivity index (χ1) is 9.26. The van der Waals surface area contributed by atoms with Gasteiger partial charge in [-0.3, -0.25) is 4.79 Å². The smallest absolute Gasteiger partial charge is 0.268 e. The van der Waals surface area contributed by atoms with Crippen LogP contribution in [0.25, 0.3) is 0 Å². The van der Waals surface area contributed by atoms with Crippen molar-refractivity contribution in [1.29, 1.82) is 0 Å². The lowest BCUT2D eigenvalue weighted by Gasteiger charge is -2.19. The summed E-state index contributed by atoms with van der Waals surface area (Å²) in [5.74, 6) is -0.0137. The van der Waals surface area contributed by atoms with Crippen molar-refractivity contribution in [3.63, 3.8) is 0 Å². The third kappa shape index (κ3) is 3.27. The van der Waals surface area contributed by atoms with E-state index in [9.17, 15) is 4.79 Å². The Labute approximate surface area is 120 Å². The topological polar surface area (TPSA) is 46.1 Å². The molecule has 0 aliphatic carbocycles. The van der Waals surface area contributed by atoms with Gasteiger partial charge in [0.15, 0.2) is 0 Å². The molecule has 0 aliphatic rings. The zero-order valence-corrected chi connectivity index (χ0v) is 12.3. The van der Waals surface area contributed by atoms with Crippen molar-refractivity contribution in [3.05, 3.63) is 45.6 Å². The van der Waals surface area contributed by atoms with Crippen molar-refractivity contribution in [2.45, 2.75) is 19.9 Å². The summed E-state index contributed by atoms with van der Waals surface area (Å²) in [6.45, 7) is 6.82. The van der Waals surface area contributed by atoms with Gasteiger partial charge in [-0.15, -0.1) is 23.0 Å². The molecule has 0 aliphatic heterocycles. The van der Waals surface area contributed by atoms with Crippen LogP contribution in [0.15, 0.2) is 30.2 Å². The fourth-order valence-electron chi connectivity index (χ4n) is 1.71. The molecule has 6 heteroatoms. The van der Waals surface area contributed by atoms with E-state index in [2.05, 4.69) is 16.2 Å². The molecule has 0 radical (unpaired) electrons. The molecule has 19 heavy (non-hydrogen) atoms. The van der Waals surface area contributed by atoms with Gasteiger partial charge >= 0.3 is 0 Å². The first kappa shape index (κ1) is 13.9. The Balaban J connectivity index is 2.18. The van der Waals surface area contributed by atoms with E-state index in [1.54, 1.807) is 22.3 Å². The summed E-state index contributed by atoms with van der Waals surface area (Å²) in [5, 5.41) is 6.00. The molecular formula is C13H15N3OS2. The molecule has 0 fully saturated rings. The van der Waals surface area contributed by atoms with Gasteiger partial charge in [0.1, 0.15) is 4.88 Å². The van der Waals surface area contributed by atoms with Gasteiger partial charge in [0, 0.05) is 11.4 Å². The van der Waals surface area contributed by atoms with E-state index in [-0.39, 0.29) is 5.91 Å². The number of nitrogens with zero attached hydrogens (tertiary/aromatic N) is 3. The van der Waals surface area contributed by atoms with Crippen molar-refractivity contribution >= 4 is 28.8 Å². The molecule has 2 aromatic heterocycles. The summed E-state index contributed by atoms with van der Waals surface area (Å²) in [6.07, 6.45) is 2.46. The highest BCUT2D eigenvalue weighted by Gasteiger charge is 2.21. The lowest BCUT2D eigenvalue weighted by atomic mass is 10.2. The SMILES string of the molecule is C=CCN(Cc1cccs1)C(=O)c1snnc1CC. The summed E-state index contributed by atoms with van der Waals surface area (Å²) < 4.78 is 3.87. The number of hydrogen-bond acceptors (Lipinski definition) is 5. The molecule has 2 rings (SSSR count). The number of aryl methyl sites for hydroxylation is 1. The Morgan fingerprint density at radius 2 is 2.42 bits per heavy atom. The number of carbonyl (C=O) groups excluding carboxylic acids is 1. The van der Waals surface area contributed by atoms with Crippen molar-refractivity contribution in [3.8, 4) is 0 Å². The molecule has 0 spiro atoms. The Morgan fingerprint density at radius 3 is 3.05 bits per heavy atom. The number of thiophene rings is 1. The molecule has 0 aromatic carbocycles. The number of aromatic nitrogens is 2. The molecule has 100 valence electrons. The highest BCUT2D eigenvalue weighted by Crippen LogP contribution is 2.18. The largest absolute Gasteiger partial charge is 0.329 e. The maximum absolute atomic E-state index is 12.5. The fourth-order valence-corrected chi connectivity index (χ4v) is 3.15. The predicted molar refractivity (Wildman–Crippen MR) is 78.5 cm³/mol. The minimum Gasteiger partial charge on any atom is -0.329 e. The van der Waals surface area contributed by atoms with E-state index in [1.807, 2.05) is 24.4 Å². The quantitative estimate of drug-likeness (QED) is 0.769. The molecule has 4 nitrogen and oxygen atoms in total. The van der Waals surface area contributed by atoms with Crippen molar-refractivity contribution < 1.29 is 4.79 Å². The van der Waals surface area contributed by atoms with Crippen LogP contribution in [-0.4, -0.2) is 26.9 Å². The third-order valence-electron chi connectivity index (χ3n) is 2.65. The van der Waals surface area contributed by atoms with Gasteiger partial charge in [0.2, 0.25) is 0 Å².